The minimum absolute atomic E-state index is 0. The summed E-state index contributed by atoms with van der Waals surface area (Å²) in [5.41, 5.74) is -0.440. The van der Waals surface area contributed by atoms with E-state index in [0.29, 0.717) is 19.0 Å². The number of carbonyl (C=O) groups excluding carboxylic acids is 1. The van der Waals surface area contributed by atoms with Gasteiger partial charge in [0.25, 0.3) is 0 Å². The largest absolute Gasteiger partial charge is 0.444 e. The van der Waals surface area contributed by atoms with Crippen LogP contribution >= 0.6 is 24.0 Å². The number of halogens is 1. The molecule has 0 aromatic carbocycles. The molecule has 1 atom stereocenters. The Morgan fingerprint density at radius 2 is 1.96 bits per heavy atom. The zero-order valence-corrected chi connectivity index (χ0v) is 20.4. The minimum atomic E-state index is -0.440. The molecule has 0 bridgehead atoms. The second kappa shape index (κ2) is 12.0. The van der Waals surface area contributed by atoms with Gasteiger partial charge in [0.1, 0.15) is 5.60 Å². The first-order valence-electron chi connectivity index (χ1n) is 9.98. The van der Waals surface area contributed by atoms with Crippen LogP contribution in [-0.2, 0) is 9.47 Å². The summed E-state index contributed by atoms with van der Waals surface area (Å²) in [5, 5.41) is 3.44. The topological polar surface area (TPSA) is 69.6 Å². The van der Waals surface area contributed by atoms with E-state index >= 15 is 0 Å². The standard InChI is InChI=1S/C19H37N5O3.HI/c1-19(2,3)27-18(25)24-11-9-23(10-12-24)8-7-21-17(20-4)22(5)14-16-6-13-26-15-16;/h16H,6-15H2,1-5H3,(H,20,21);1H. The van der Waals surface area contributed by atoms with Crippen LogP contribution in [0.1, 0.15) is 27.2 Å². The van der Waals surface area contributed by atoms with Gasteiger partial charge in [-0.1, -0.05) is 0 Å². The summed E-state index contributed by atoms with van der Waals surface area (Å²) in [5.74, 6) is 1.52. The van der Waals surface area contributed by atoms with Gasteiger partial charge in [0.2, 0.25) is 0 Å². The highest BCUT2D eigenvalue weighted by atomic mass is 127. The Balaban J connectivity index is 0.00000392. The molecule has 9 heteroatoms. The van der Waals surface area contributed by atoms with Gasteiger partial charge in [0.05, 0.1) is 6.61 Å². The third-order valence-corrected chi connectivity index (χ3v) is 4.86. The number of piperazine rings is 1. The van der Waals surface area contributed by atoms with Gasteiger partial charge in [0, 0.05) is 72.4 Å². The van der Waals surface area contributed by atoms with Crippen LogP contribution in [0.3, 0.4) is 0 Å². The average Bonchev–Trinajstić information content (AvgIpc) is 3.10. The molecule has 1 N–H and O–H groups in total. The molecule has 0 saturated carbocycles. The van der Waals surface area contributed by atoms with Crippen LogP contribution < -0.4 is 5.32 Å². The number of rotatable bonds is 5. The van der Waals surface area contributed by atoms with E-state index in [1.165, 1.54) is 0 Å². The number of hydrogen-bond acceptors (Lipinski definition) is 5. The lowest BCUT2D eigenvalue weighted by Crippen LogP contribution is -2.52. The smallest absolute Gasteiger partial charge is 0.410 e. The van der Waals surface area contributed by atoms with Crippen molar-refractivity contribution in [2.45, 2.75) is 32.8 Å². The summed E-state index contributed by atoms with van der Waals surface area (Å²) in [6.07, 6.45) is 0.918. The first-order valence-corrected chi connectivity index (χ1v) is 9.98. The summed E-state index contributed by atoms with van der Waals surface area (Å²) in [6.45, 7) is 13.3. The maximum Gasteiger partial charge on any atom is 0.410 e. The van der Waals surface area contributed by atoms with Gasteiger partial charge in [-0.25, -0.2) is 4.79 Å². The molecule has 164 valence electrons. The Kier molecular flexibility index (Phi) is 10.8. The van der Waals surface area contributed by atoms with Gasteiger partial charge < -0.3 is 24.6 Å². The molecule has 2 rings (SSSR count). The van der Waals surface area contributed by atoms with Gasteiger partial charge in [-0.05, 0) is 27.2 Å². The lowest BCUT2D eigenvalue weighted by molar-refractivity contribution is 0.0147. The van der Waals surface area contributed by atoms with E-state index in [9.17, 15) is 4.79 Å². The molecule has 0 aliphatic carbocycles. The van der Waals surface area contributed by atoms with E-state index in [-0.39, 0.29) is 30.1 Å². The van der Waals surface area contributed by atoms with E-state index < -0.39 is 5.60 Å². The number of nitrogens with one attached hydrogen (secondary N) is 1. The van der Waals surface area contributed by atoms with E-state index in [1.54, 1.807) is 4.90 Å². The van der Waals surface area contributed by atoms with Crippen LogP contribution in [0.25, 0.3) is 0 Å². The number of ether oxygens (including phenoxy) is 2. The van der Waals surface area contributed by atoms with Crippen LogP contribution in [0, 0.1) is 5.92 Å². The minimum Gasteiger partial charge on any atom is -0.444 e. The molecule has 8 nitrogen and oxygen atoms in total. The summed E-state index contributed by atoms with van der Waals surface area (Å²) in [7, 11) is 3.90. The van der Waals surface area contributed by atoms with E-state index in [2.05, 4.69) is 27.2 Å². The van der Waals surface area contributed by atoms with Crippen LogP contribution in [0.4, 0.5) is 4.79 Å². The number of hydrogen-bond donors (Lipinski definition) is 1. The molecular weight excluding hydrogens is 473 g/mol. The lowest BCUT2D eigenvalue weighted by atomic mass is 10.1. The second-order valence-corrected chi connectivity index (χ2v) is 8.39. The normalized spacial score (nSPS) is 21.2. The van der Waals surface area contributed by atoms with Gasteiger partial charge in [0.15, 0.2) is 5.96 Å². The van der Waals surface area contributed by atoms with E-state index in [4.69, 9.17) is 9.47 Å². The first kappa shape index (κ1) is 25.2. The zero-order valence-electron chi connectivity index (χ0n) is 18.1. The molecule has 1 unspecified atom stereocenters. The van der Waals surface area contributed by atoms with Crippen molar-refractivity contribution in [3.8, 4) is 0 Å². The maximum absolute atomic E-state index is 12.1. The van der Waals surface area contributed by atoms with Crippen molar-refractivity contribution < 1.29 is 14.3 Å². The summed E-state index contributed by atoms with van der Waals surface area (Å²) in [6, 6.07) is 0. The Morgan fingerprint density at radius 1 is 1.29 bits per heavy atom. The molecule has 2 heterocycles. The Labute approximate surface area is 187 Å². The van der Waals surface area contributed by atoms with Gasteiger partial charge >= 0.3 is 6.09 Å². The summed E-state index contributed by atoms with van der Waals surface area (Å²) >= 11 is 0. The van der Waals surface area contributed by atoms with Crippen molar-refractivity contribution in [1.29, 1.82) is 0 Å². The molecule has 2 saturated heterocycles. The fraction of sp³-hybridized carbons (Fsp3) is 0.895. The van der Waals surface area contributed by atoms with Gasteiger partial charge in [-0.15, -0.1) is 24.0 Å². The quantitative estimate of drug-likeness (QED) is 0.345. The average molecular weight is 511 g/mol. The predicted octanol–water partition coefficient (Wildman–Crippen LogP) is 1.70. The highest BCUT2D eigenvalue weighted by Crippen LogP contribution is 2.13. The fourth-order valence-corrected chi connectivity index (χ4v) is 3.39. The Hall–Kier alpha value is -0.810. The monoisotopic (exact) mass is 511 g/mol. The van der Waals surface area contributed by atoms with Crippen molar-refractivity contribution >= 4 is 36.0 Å². The van der Waals surface area contributed by atoms with Crippen molar-refractivity contribution in [3.05, 3.63) is 0 Å². The van der Waals surface area contributed by atoms with Crippen molar-refractivity contribution in [1.82, 2.24) is 20.0 Å². The highest BCUT2D eigenvalue weighted by Gasteiger charge is 2.25. The summed E-state index contributed by atoms with van der Waals surface area (Å²) in [4.78, 5) is 22.9. The van der Waals surface area contributed by atoms with Crippen LogP contribution in [0.5, 0.6) is 0 Å². The molecule has 0 aromatic heterocycles. The number of carbonyl (C=O) groups is 1. The molecule has 28 heavy (non-hydrogen) atoms. The molecule has 2 aliphatic rings. The maximum atomic E-state index is 12.1. The van der Waals surface area contributed by atoms with E-state index in [0.717, 1.165) is 58.3 Å². The molecule has 1 amide bonds. The van der Waals surface area contributed by atoms with Crippen molar-refractivity contribution in [2.75, 3.05) is 73.1 Å². The highest BCUT2D eigenvalue weighted by molar-refractivity contribution is 14.0. The molecular formula is C19H38IN5O3. The summed E-state index contributed by atoms with van der Waals surface area (Å²) < 4.78 is 10.9. The molecule has 0 radical (unpaired) electrons. The molecule has 0 spiro atoms. The Bertz CT molecular complexity index is 498. The first-order chi connectivity index (χ1) is 12.8. The Morgan fingerprint density at radius 3 is 2.50 bits per heavy atom. The zero-order chi connectivity index (χ0) is 19.9. The van der Waals surface area contributed by atoms with Crippen molar-refractivity contribution in [2.24, 2.45) is 10.9 Å². The second-order valence-electron chi connectivity index (χ2n) is 8.39. The van der Waals surface area contributed by atoms with Gasteiger partial charge in [-0.3, -0.25) is 9.89 Å². The number of aliphatic imine (C=N–C) groups is 1. The fourth-order valence-electron chi connectivity index (χ4n) is 3.39. The molecule has 2 fully saturated rings. The number of amides is 1. The van der Waals surface area contributed by atoms with Crippen LogP contribution in [0.15, 0.2) is 4.99 Å². The predicted molar refractivity (Wildman–Crippen MR) is 123 cm³/mol. The molecule has 2 aliphatic heterocycles. The van der Waals surface area contributed by atoms with Crippen molar-refractivity contribution in [3.63, 3.8) is 0 Å². The SMILES string of the molecule is CN=C(NCCN1CCN(C(=O)OC(C)(C)C)CC1)N(C)CC1CCOC1.I. The van der Waals surface area contributed by atoms with Gasteiger partial charge in [-0.2, -0.15) is 0 Å². The number of guanidine groups is 1. The van der Waals surface area contributed by atoms with Crippen LogP contribution in [-0.4, -0.2) is 105 Å². The molecule has 0 aromatic rings. The van der Waals surface area contributed by atoms with E-state index in [1.807, 2.05) is 27.8 Å². The van der Waals surface area contributed by atoms with Crippen LogP contribution in [0.2, 0.25) is 0 Å². The third kappa shape index (κ3) is 8.69. The number of nitrogens with zero attached hydrogens (tertiary/aromatic N) is 4. The third-order valence-electron chi connectivity index (χ3n) is 4.86. The lowest BCUT2D eigenvalue weighted by Gasteiger charge is -2.35.